The standard InChI is InChI=1S/C14H21NO3/c1-2-10-3-5-11(6-4-10)8-18-9-12-7-13(16)15-14(12)17/h7,10-11H,2-6,8-9H2,1H3,(H,15,16,17). The Labute approximate surface area is 108 Å². The monoisotopic (exact) mass is 251 g/mol. The maximum absolute atomic E-state index is 11.3. The Balaban J connectivity index is 1.66. The van der Waals surface area contributed by atoms with Crippen molar-refractivity contribution in [3.63, 3.8) is 0 Å². The molecule has 100 valence electrons. The van der Waals surface area contributed by atoms with E-state index in [4.69, 9.17) is 4.74 Å². The molecular weight excluding hydrogens is 230 g/mol. The van der Waals surface area contributed by atoms with E-state index in [2.05, 4.69) is 12.2 Å². The Morgan fingerprint density at radius 3 is 2.44 bits per heavy atom. The van der Waals surface area contributed by atoms with Crippen molar-refractivity contribution in [1.82, 2.24) is 5.32 Å². The molecule has 2 amide bonds. The van der Waals surface area contributed by atoms with Crippen LogP contribution in [0, 0.1) is 11.8 Å². The Morgan fingerprint density at radius 2 is 1.89 bits per heavy atom. The van der Waals surface area contributed by atoms with Crippen molar-refractivity contribution >= 4 is 11.8 Å². The molecule has 1 saturated carbocycles. The first-order valence-corrected chi connectivity index (χ1v) is 6.82. The molecule has 2 rings (SSSR count). The van der Waals surface area contributed by atoms with Gasteiger partial charge in [0.15, 0.2) is 0 Å². The van der Waals surface area contributed by atoms with Crippen LogP contribution in [0.25, 0.3) is 0 Å². The molecule has 4 nitrogen and oxygen atoms in total. The highest BCUT2D eigenvalue weighted by Crippen LogP contribution is 2.30. The van der Waals surface area contributed by atoms with Gasteiger partial charge in [-0.3, -0.25) is 14.9 Å². The first kappa shape index (κ1) is 13.3. The lowest BCUT2D eigenvalue weighted by Gasteiger charge is -2.27. The van der Waals surface area contributed by atoms with E-state index in [1.807, 2.05) is 0 Å². The molecule has 2 aliphatic rings. The summed E-state index contributed by atoms with van der Waals surface area (Å²) in [6, 6.07) is 0. The van der Waals surface area contributed by atoms with Crippen LogP contribution in [-0.2, 0) is 14.3 Å². The van der Waals surface area contributed by atoms with Crippen molar-refractivity contribution in [2.24, 2.45) is 11.8 Å². The molecule has 0 spiro atoms. The van der Waals surface area contributed by atoms with Gasteiger partial charge in [0.2, 0.25) is 0 Å². The molecule has 0 unspecified atom stereocenters. The van der Waals surface area contributed by atoms with Gasteiger partial charge in [0.05, 0.1) is 6.61 Å². The number of hydrogen-bond acceptors (Lipinski definition) is 3. The van der Waals surface area contributed by atoms with Gasteiger partial charge in [-0.1, -0.05) is 26.2 Å². The zero-order valence-electron chi connectivity index (χ0n) is 10.9. The molecule has 0 aromatic heterocycles. The third-order valence-electron chi connectivity index (χ3n) is 3.99. The van der Waals surface area contributed by atoms with Crippen molar-refractivity contribution in [3.8, 4) is 0 Å². The van der Waals surface area contributed by atoms with Crippen LogP contribution in [0.4, 0.5) is 0 Å². The lowest BCUT2D eigenvalue weighted by atomic mass is 9.81. The van der Waals surface area contributed by atoms with E-state index in [0.29, 0.717) is 18.1 Å². The molecule has 1 aliphatic carbocycles. The molecule has 0 aromatic rings. The Hall–Kier alpha value is -1.16. The number of amides is 2. The second-order valence-corrected chi connectivity index (χ2v) is 5.30. The lowest BCUT2D eigenvalue weighted by molar-refractivity contribution is -0.124. The highest BCUT2D eigenvalue weighted by molar-refractivity contribution is 6.16. The second kappa shape index (κ2) is 6.14. The summed E-state index contributed by atoms with van der Waals surface area (Å²) >= 11 is 0. The molecule has 4 heteroatoms. The molecule has 0 radical (unpaired) electrons. The number of hydrogen-bond donors (Lipinski definition) is 1. The molecule has 0 bridgehead atoms. The molecule has 1 fully saturated rings. The quantitative estimate of drug-likeness (QED) is 0.758. The summed E-state index contributed by atoms with van der Waals surface area (Å²) in [4.78, 5) is 22.2. The predicted octanol–water partition coefficient (Wildman–Crippen LogP) is 1.80. The zero-order valence-corrected chi connectivity index (χ0v) is 10.9. The zero-order chi connectivity index (χ0) is 13.0. The molecule has 18 heavy (non-hydrogen) atoms. The lowest BCUT2D eigenvalue weighted by Crippen LogP contribution is -2.24. The minimum atomic E-state index is -0.331. The number of imide groups is 1. The van der Waals surface area contributed by atoms with Crippen LogP contribution in [0.1, 0.15) is 39.0 Å². The van der Waals surface area contributed by atoms with Crippen molar-refractivity contribution in [1.29, 1.82) is 0 Å². The minimum Gasteiger partial charge on any atom is -0.376 e. The van der Waals surface area contributed by atoms with Crippen LogP contribution >= 0.6 is 0 Å². The van der Waals surface area contributed by atoms with Crippen molar-refractivity contribution < 1.29 is 14.3 Å². The average Bonchev–Trinajstić information content (AvgIpc) is 2.69. The smallest absolute Gasteiger partial charge is 0.256 e. The topological polar surface area (TPSA) is 55.4 Å². The second-order valence-electron chi connectivity index (χ2n) is 5.30. The molecule has 0 aromatic carbocycles. The van der Waals surface area contributed by atoms with Gasteiger partial charge in [-0.2, -0.15) is 0 Å². The molecule has 0 atom stereocenters. The van der Waals surface area contributed by atoms with Crippen LogP contribution in [0.15, 0.2) is 11.6 Å². The van der Waals surface area contributed by atoms with E-state index in [1.54, 1.807) is 0 Å². The van der Waals surface area contributed by atoms with Crippen molar-refractivity contribution in [3.05, 3.63) is 11.6 Å². The number of carbonyl (C=O) groups excluding carboxylic acids is 2. The highest BCUT2D eigenvalue weighted by Gasteiger charge is 2.22. The van der Waals surface area contributed by atoms with Gasteiger partial charge in [0.25, 0.3) is 11.8 Å². The van der Waals surface area contributed by atoms with Crippen LogP contribution < -0.4 is 5.32 Å². The SMILES string of the molecule is CCC1CCC(COCC2=CC(=O)NC2=O)CC1. The van der Waals surface area contributed by atoms with Gasteiger partial charge in [0, 0.05) is 18.3 Å². The Bertz CT molecular complexity index is 354. The normalized spacial score (nSPS) is 28.2. The largest absolute Gasteiger partial charge is 0.376 e. The van der Waals surface area contributed by atoms with Crippen LogP contribution in [0.3, 0.4) is 0 Å². The van der Waals surface area contributed by atoms with Gasteiger partial charge in [-0.05, 0) is 24.7 Å². The number of ether oxygens (including phenoxy) is 1. The molecule has 1 N–H and O–H groups in total. The Kier molecular flexibility index (Phi) is 4.53. The summed E-state index contributed by atoms with van der Waals surface area (Å²) in [6.45, 7) is 3.21. The fourth-order valence-electron chi connectivity index (χ4n) is 2.70. The van der Waals surface area contributed by atoms with Crippen LogP contribution in [0.5, 0.6) is 0 Å². The fraction of sp³-hybridized carbons (Fsp3) is 0.714. The molecule has 1 heterocycles. The van der Waals surface area contributed by atoms with E-state index in [9.17, 15) is 9.59 Å². The third-order valence-corrected chi connectivity index (χ3v) is 3.99. The number of carbonyl (C=O) groups is 2. The maximum Gasteiger partial charge on any atom is 0.256 e. The van der Waals surface area contributed by atoms with Gasteiger partial charge < -0.3 is 4.74 Å². The first-order valence-electron chi connectivity index (χ1n) is 6.82. The molecule has 0 saturated heterocycles. The van der Waals surface area contributed by atoms with Crippen LogP contribution in [-0.4, -0.2) is 25.0 Å². The Morgan fingerprint density at radius 1 is 1.22 bits per heavy atom. The van der Waals surface area contributed by atoms with Gasteiger partial charge in [0.1, 0.15) is 0 Å². The summed E-state index contributed by atoms with van der Waals surface area (Å²) in [5, 5.41) is 2.22. The van der Waals surface area contributed by atoms with Gasteiger partial charge in [-0.15, -0.1) is 0 Å². The molecular formula is C14H21NO3. The third kappa shape index (κ3) is 3.42. The number of rotatable bonds is 5. The maximum atomic E-state index is 11.3. The van der Waals surface area contributed by atoms with Gasteiger partial charge >= 0.3 is 0 Å². The summed E-state index contributed by atoms with van der Waals surface area (Å²) in [5.74, 6) is 0.868. The van der Waals surface area contributed by atoms with E-state index in [1.165, 1.54) is 38.2 Å². The van der Waals surface area contributed by atoms with E-state index < -0.39 is 0 Å². The molecule has 1 aliphatic heterocycles. The summed E-state index contributed by atoms with van der Waals surface area (Å²) in [6.07, 6.45) is 7.66. The summed E-state index contributed by atoms with van der Waals surface area (Å²) in [7, 11) is 0. The van der Waals surface area contributed by atoms with Gasteiger partial charge in [-0.25, -0.2) is 0 Å². The number of nitrogens with one attached hydrogen (secondary N) is 1. The fourth-order valence-corrected chi connectivity index (χ4v) is 2.70. The summed E-state index contributed by atoms with van der Waals surface area (Å²) in [5.41, 5.74) is 0.447. The van der Waals surface area contributed by atoms with E-state index >= 15 is 0 Å². The van der Waals surface area contributed by atoms with Crippen molar-refractivity contribution in [2.75, 3.05) is 13.2 Å². The highest BCUT2D eigenvalue weighted by atomic mass is 16.5. The predicted molar refractivity (Wildman–Crippen MR) is 67.8 cm³/mol. The van der Waals surface area contributed by atoms with Crippen LogP contribution in [0.2, 0.25) is 0 Å². The average molecular weight is 251 g/mol. The van der Waals surface area contributed by atoms with Crippen molar-refractivity contribution in [2.45, 2.75) is 39.0 Å². The van der Waals surface area contributed by atoms with E-state index in [-0.39, 0.29) is 18.4 Å². The first-order chi connectivity index (χ1) is 8.69. The summed E-state index contributed by atoms with van der Waals surface area (Å²) < 4.78 is 5.56. The van der Waals surface area contributed by atoms with E-state index in [0.717, 1.165) is 5.92 Å². The minimum absolute atomic E-state index is 0.255.